The van der Waals surface area contributed by atoms with Gasteiger partial charge in [0.25, 0.3) is 0 Å². The number of aromatic nitrogens is 2. The first-order chi connectivity index (χ1) is 17.8. The van der Waals surface area contributed by atoms with Crippen molar-refractivity contribution in [1.82, 2.24) is 9.78 Å². The molecule has 1 amide bonds. The van der Waals surface area contributed by atoms with E-state index in [0.717, 1.165) is 44.0 Å². The van der Waals surface area contributed by atoms with Crippen LogP contribution in [0.4, 0.5) is 5.69 Å². The predicted octanol–water partition coefficient (Wildman–Crippen LogP) is 7.20. The van der Waals surface area contributed by atoms with Crippen LogP contribution in [0.15, 0.2) is 77.3 Å². The maximum Gasteiger partial charge on any atom is 0.248 e. The maximum absolute atomic E-state index is 12.7. The molecule has 0 aliphatic carbocycles. The lowest BCUT2D eigenvalue weighted by Gasteiger charge is -2.11. The number of rotatable bonds is 9. The highest BCUT2D eigenvalue weighted by molar-refractivity contribution is 9.10. The van der Waals surface area contributed by atoms with Gasteiger partial charge in [-0.15, -0.1) is 0 Å². The Morgan fingerprint density at radius 2 is 1.81 bits per heavy atom. The molecule has 0 aliphatic heterocycles. The van der Waals surface area contributed by atoms with Crippen LogP contribution in [0.1, 0.15) is 28.1 Å². The molecule has 37 heavy (non-hydrogen) atoms. The second kappa shape index (κ2) is 12.1. The molecule has 6 nitrogen and oxygen atoms in total. The van der Waals surface area contributed by atoms with Crippen LogP contribution in [0.3, 0.4) is 0 Å². The normalized spacial score (nSPS) is 11.1. The molecule has 8 heteroatoms. The number of carbonyl (C=O) groups excluding carboxylic acids is 1. The van der Waals surface area contributed by atoms with E-state index >= 15 is 0 Å². The summed E-state index contributed by atoms with van der Waals surface area (Å²) in [6.07, 6.45) is 3.28. The van der Waals surface area contributed by atoms with E-state index in [0.29, 0.717) is 23.9 Å². The topological polar surface area (TPSA) is 65.4 Å². The Labute approximate surface area is 230 Å². The Hall–Kier alpha value is -3.55. The van der Waals surface area contributed by atoms with Gasteiger partial charge in [-0.1, -0.05) is 45.7 Å². The van der Waals surface area contributed by atoms with Gasteiger partial charge in [0.2, 0.25) is 5.91 Å². The fraction of sp³-hybridized carbons (Fsp3) is 0.172. The molecular formula is C29H27BrClN3O3. The summed E-state index contributed by atoms with van der Waals surface area (Å²) in [6, 6.07) is 21.0. The van der Waals surface area contributed by atoms with Crippen LogP contribution in [0.5, 0.6) is 11.5 Å². The van der Waals surface area contributed by atoms with Gasteiger partial charge in [0.15, 0.2) is 0 Å². The summed E-state index contributed by atoms with van der Waals surface area (Å²) < 4.78 is 14.3. The fourth-order valence-electron chi connectivity index (χ4n) is 3.84. The van der Waals surface area contributed by atoms with Crippen molar-refractivity contribution in [2.24, 2.45) is 0 Å². The van der Waals surface area contributed by atoms with Crippen LogP contribution in [0.25, 0.3) is 6.08 Å². The van der Waals surface area contributed by atoms with Crippen molar-refractivity contribution in [2.75, 3.05) is 12.4 Å². The first kappa shape index (κ1) is 26.5. The second-order valence-electron chi connectivity index (χ2n) is 8.47. The Bertz CT molecular complexity index is 1410. The summed E-state index contributed by atoms with van der Waals surface area (Å²) >= 11 is 9.41. The average molecular weight is 581 g/mol. The molecule has 0 aliphatic rings. The third-order valence-electron chi connectivity index (χ3n) is 5.81. The average Bonchev–Trinajstić information content (AvgIpc) is 3.15. The Kier molecular flexibility index (Phi) is 8.69. The zero-order valence-corrected chi connectivity index (χ0v) is 23.1. The summed E-state index contributed by atoms with van der Waals surface area (Å²) in [6.45, 7) is 4.75. The van der Waals surface area contributed by atoms with Crippen molar-refractivity contribution in [3.05, 3.63) is 110 Å². The van der Waals surface area contributed by atoms with Crippen LogP contribution >= 0.6 is 27.5 Å². The molecule has 0 unspecified atom stereocenters. The number of aryl methyl sites for hydroxylation is 1. The quantitative estimate of drug-likeness (QED) is 0.213. The first-order valence-corrected chi connectivity index (χ1v) is 12.8. The molecule has 3 aromatic carbocycles. The van der Waals surface area contributed by atoms with E-state index in [-0.39, 0.29) is 5.91 Å². The summed E-state index contributed by atoms with van der Waals surface area (Å²) in [4.78, 5) is 12.7. The molecule has 4 rings (SSSR count). The molecule has 190 valence electrons. The number of amides is 1. The van der Waals surface area contributed by atoms with Gasteiger partial charge < -0.3 is 14.8 Å². The molecular weight excluding hydrogens is 554 g/mol. The summed E-state index contributed by atoms with van der Waals surface area (Å²) in [7, 11) is 1.62. The van der Waals surface area contributed by atoms with Crippen molar-refractivity contribution in [3.8, 4) is 11.5 Å². The number of hydrogen-bond acceptors (Lipinski definition) is 4. The Morgan fingerprint density at radius 3 is 2.51 bits per heavy atom. The Morgan fingerprint density at radius 1 is 1.08 bits per heavy atom. The minimum atomic E-state index is -0.235. The molecule has 1 N–H and O–H groups in total. The lowest BCUT2D eigenvalue weighted by molar-refractivity contribution is -0.111. The predicted molar refractivity (Wildman–Crippen MR) is 151 cm³/mol. The molecule has 0 bridgehead atoms. The highest BCUT2D eigenvalue weighted by atomic mass is 79.9. The van der Waals surface area contributed by atoms with E-state index in [4.69, 9.17) is 21.1 Å². The molecule has 1 aromatic heterocycles. The van der Waals surface area contributed by atoms with E-state index in [1.54, 1.807) is 13.2 Å². The van der Waals surface area contributed by atoms with Crippen molar-refractivity contribution in [1.29, 1.82) is 0 Å². The number of anilines is 1. The minimum absolute atomic E-state index is 0.235. The van der Waals surface area contributed by atoms with Crippen LogP contribution in [0, 0.1) is 13.8 Å². The molecule has 0 spiro atoms. The van der Waals surface area contributed by atoms with Crippen LogP contribution in [-0.2, 0) is 17.9 Å². The van der Waals surface area contributed by atoms with Gasteiger partial charge in [-0.25, -0.2) is 0 Å². The largest absolute Gasteiger partial charge is 0.496 e. The van der Waals surface area contributed by atoms with Crippen molar-refractivity contribution >= 4 is 45.2 Å². The number of nitrogens with zero attached hydrogens (tertiary/aromatic N) is 2. The minimum Gasteiger partial charge on any atom is -0.496 e. The van der Waals surface area contributed by atoms with E-state index in [2.05, 4.69) is 26.3 Å². The number of ether oxygens (including phenoxy) is 2. The fourth-order valence-corrected chi connectivity index (χ4v) is 4.23. The van der Waals surface area contributed by atoms with Gasteiger partial charge in [-0.3, -0.25) is 9.48 Å². The van der Waals surface area contributed by atoms with Gasteiger partial charge in [-0.2, -0.15) is 5.10 Å². The van der Waals surface area contributed by atoms with Gasteiger partial charge in [0.05, 0.1) is 30.7 Å². The number of carbonyl (C=O) groups is 1. The van der Waals surface area contributed by atoms with Gasteiger partial charge >= 0.3 is 0 Å². The van der Waals surface area contributed by atoms with E-state index in [1.807, 2.05) is 85.3 Å². The molecule has 0 atom stereocenters. The van der Waals surface area contributed by atoms with Gasteiger partial charge in [-0.05, 0) is 79.6 Å². The van der Waals surface area contributed by atoms with Crippen LogP contribution < -0.4 is 14.8 Å². The van der Waals surface area contributed by atoms with Gasteiger partial charge in [0, 0.05) is 21.1 Å². The highest BCUT2D eigenvalue weighted by Gasteiger charge is 2.14. The second-order valence-corrected chi connectivity index (χ2v) is 9.82. The molecule has 0 fully saturated rings. The SMILES string of the molecule is COc1ccc(/C=C/C(=O)Nc2c(C)nn(Cc3ccc(Cl)cc3)c2C)cc1COc1ccc(Br)cc1. The monoisotopic (exact) mass is 579 g/mol. The summed E-state index contributed by atoms with van der Waals surface area (Å²) in [5.41, 5.74) is 5.16. The maximum atomic E-state index is 12.7. The van der Waals surface area contributed by atoms with Crippen LogP contribution in [0.2, 0.25) is 5.02 Å². The van der Waals surface area contributed by atoms with E-state index in [9.17, 15) is 4.79 Å². The number of nitrogens with one attached hydrogen (secondary N) is 1. The number of methoxy groups -OCH3 is 1. The zero-order chi connectivity index (χ0) is 26.4. The third-order valence-corrected chi connectivity index (χ3v) is 6.60. The van der Waals surface area contributed by atoms with E-state index in [1.165, 1.54) is 6.08 Å². The third kappa shape index (κ3) is 7.02. The number of hydrogen-bond donors (Lipinski definition) is 1. The summed E-state index contributed by atoms with van der Waals surface area (Å²) in [5.74, 6) is 1.24. The molecule has 0 radical (unpaired) electrons. The summed E-state index contributed by atoms with van der Waals surface area (Å²) in [5, 5.41) is 8.26. The molecule has 0 saturated carbocycles. The standard InChI is InChI=1S/C29H27BrClN3O3/c1-19-29(20(2)34(33-19)17-22-4-10-25(31)11-5-22)32-28(35)15-7-21-6-14-27(36-3)23(16-21)18-37-26-12-8-24(30)9-13-26/h4-16H,17-18H2,1-3H3,(H,32,35)/b15-7+. The highest BCUT2D eigenvalue weighted by Crippen LogP contribution is 2.25. The molecule has 0 saturated heterocycles. The first-order valence-electron chi connectivity index (χ1n) is 11.6. The molecule has 4 aromatic rings. The van der Waals surface area contributed by atoms with Crippen molar-refractivity contribution in [2.45, 2.75) is 27.0 Å². The smallest absolute Gasteiger partial charge is 0.248 e. The lowest BCUT2D eigenvalue weighted by atomic mass is 10.1. The van der Waals surface area contributed by atoms with Crippen molar-refractivity contribution < 1.29 is 14.3 Å². The number of halogens is 2. The number of benzene rings is 3. The lowest BCUT2D eigenvalue weighted by Crippen LogP contribution is -2.10. The Balaban J connectivity index is 1.42. The zero-order valence-electron chi connectivity index (χ0n) is 20.8. The molecule has 1 heterocycles. The van der Waals surface area contributed by atoms with Crippen molar-refractivity contribution in [3.63, 3.8) is 0 Å². The van der Waals surface area contributed by atoms with E-state index < -0.39 is 0 Å². The van der Waals surface area contributed by atoms with Crippen LogP contribution in [-0.4, -0.2) is 22.8 Å². The van der Waals surface area contributed by atoms with Gasteiger partial charge in [0.1, 0.15) is 18.1 Å².